The quantitative estimate of drug-likeness (QED) is 0.650. The van der Waals surface area contributed by atoms with Gasteiger partial charge in [0.2, 0.25) is 0 Å². The van der Waals surface area contributed by atoms with Crippen molar-refractivity contribution in [1.82, 2.24) is 5.32 Å². The number of thiocarbonyl (C=S) groups is 1. The minimum Gasteiger partial charge on any atom is -0.483 e. The summed E-state index contributed by atoms with van der Waals surface area (Å²) >= 11 is 20.3. The van der Waals surface area contributed by atoms with Gasteiger partial charge in [0.15, 0.2) is 11.7 Å². The molecule has 0 aromatic heterocycles. The molecule has 4 nitrogen and oxygen atoms in total. The van der Waals surface area contributed by atoms with E-state index >= 15 is 0 Å². The van der Waals surface area contributed by atoms with Gasteiger partial charge >= 0.3 is 0 Å². The van der Waals surface area contributed by atoms with Crippen LogP contribution in [0.4, 0.5) is 5.69 Å². The van der Waals surface area contributed by atoms with E-state index in [9.17, 15) is 4.79 Å². The molecule has 0 aliphatic rings. The van der Waals surface area contributed by atoms with Crippen LogP contribution >= 0.6 is 51.3 Å². The second-order valence-electron chi connectivity index (χ2n) is 4.85. The number of benzene rings is 2. The molecule has 0 fully saturated rings. The molecule has 126 valence electrons. The first-order chi connectivity index (χ1) is 11.3. The molecule has 0 heterocycles. The Kier molecular flexibility index (Phi) is 6.86. The summed E-state index contributed by atoms with van der Waals surface area (Å²) in [6, 6.07) is 10.5. The number of anilines is 1. The molecule has 0 spiro atoms. The van der Waals surface area contributed by atoms with Crippen molar-refractivity contribution in [2.24, 2.45) is 0 Å². The number of nitrogens with one attached hydrogen (secondary N) is 2. The van der Waals surface area contributed by atoms with Gasteiger partial charge in [-0.25, -0.2) is 0 Å². The fraction of sp³-hybridized carbons (Fsp3) is 0.125. The normalized spacial score (nSPS) is 10.2. The monoisotopic (exact) mass is 446 g/mol. The van der Waals surface area contributed by atoms with Gasteiger partial charge in [-0.05, 0) is 71.0 Å². The minimum absolute atomic E-state index is 0.121. The molecular formula is C16H13BrCl2N2O2S. The first-order valence-corrected chi connectivity index (χ1v) is 8.75. The number of carbonyl (C=O) groups is 1. The van der Waals surface area contributed by atoms with E-state index in [1.54, 1.807) is 24.3 Å². The van der Waals surface area contributed by atoms with Crippen LogP contribution in [-0.2, 0) is 4.79 Å². The summed E-state index contributed by atoms with van der Waals surface area (Å²) in [5.41, 5.74) is 1.64. The van der Waals surface area contributed by atoms with Crippen molar-refractivity contribution < 1.29 is 9.53 Å². The molecule has 2 aromatic rings. The van der Waals surface area contributed by atoms with Gasteiger partial charge < -0.3 is 10.1 Å². The van der Waals surface area contributed by atoms with Crippen LogP contribution in [0.25, 0.3) is 0 Å². The largest absolute Gasteiger partial charge is 0.483 e. The van der Waals surface area contributed by atoms with Gasteiger partial charge in [0.05, 0.1) is 15.2 Å². The molecule has 2 N–H and O–H groups in total. The lowest BCUT2D eigenvalue weighted by atomic mass is 10.2. The van der Waals surface area contributed by atoms with Gasteiger partial charge in [0.25, 0.3) is 5.91 Å². The molecule has 1 amide bonds. The third-order valence-corrected chi connectivity index (χ3v) is 4.25. The highest BCUT2D eigenvalue weighted by molar-refractivity contribution is 9.10. The van der Waals surface area contributed by atoms with Gasteiger partial charge in [-0.3, -0.25) is 10.1 Å². The van der Waals surface area contributed by atoms with Crippen molar-refractivity contribution in [2.75, 3.05) is 11.9 Å². The van der Waals surface area contributed by atoms with Crippen molar-refractivity contribution in [3.8, 4) is 5.75 Å². The SMILES string of the molecule is Cc1ccc(OCC(=O)NC(=S)Nc2ccc(Cl)cc2Cl)c(Br)c1. The number of hydrogen-bond donors (Lipinski definition) is 2. The number of rotatable bonds is 4. The zero-order chi connectivity index (χ0) is 17.7. The van der Waals surface area contributed by atoms with E-state index in [-0.39, 0.29) is 17.6 Å². The molecule has 0 atom stereocenters. The summed E-state index contributed by atoms with van der Waals surface area (Å²) in [5.74, 6) is 0.195. The van der Waals surface area contributed by atoms with Crippen LogP contribution in [0, 0.1) is 6.92 Å². The molecular weight excluding hydrogens is 435 g/mol. The van der Waals surface area contributed by atoms with E-state index in [1.165, 1.54) is 0 Å². The van der Waals surface area contributed by atoms with Gasteiger partial charge in [-0.15, -0.1) is 0 Å². The molecule has 24 heavy (non-hydrogen) atoms. The van der Waals surface area contributed by atoms with Crippen molar-refractivity contribution in [1.29, 1.82) is 0 Å². The lowest BCUT2D eigenvalue weighted by molar-refractivity contribution is -0.121. The standard InChI is InChI=1S/C16H13BrCl2N2O2S/c1-9-2-5-14(11(17)6-9)23-8-15(22)21-16(24)20-13-4-3-10(18)7-12(13)19/h2-7H,8H2,1H3,(H2,20,21,22,24). The maximum Gasteiger partial charge on any atom is 0.264 e. The number of halogens is 3. The summed E-state index contributed by atoms with van der Waals surface area (Å²) in [6.07, 6.45) is 0. The van der Waals surface area contributed by atoms with Crippen molar-refractivity contribution in [3.05, 3.63) is 56.5 Å². The van der Waals surface area contributed by atoms with Crippen LogP contribution < -0.4 is 15.4 Å². The molecule has 0 bridgehead atoms. The van der Waals surface area contributed by atoms with Gasteiger partial charge in [0, 0.05) is 5.02 Å². The molecule has 0 aliphatic carbocycles. The highest BCUT2D eigenvalue weighted by atomic mass is 79.9. The van der Waals surface area contributed by atoms with Crippen LogP contribution in [0.5, 0.6) is 5.75 Å². The number of amides is 1. The molecule has 0 unspecified atom stereocenters. The summed E-state index contributed by atoms with van der Waals surface area (Å²) in [5, 5.41) is 6.38. The number of ether oxygens (including phenoxy) is 1. The summed E-state index contributed by atoms with van der Waals surface area (Å²) in [4.78, 5) is 11.9. The van der Waals surface area contributed by atoms with Crippen molar-refractivity contribution in [2.45, 2.75) is 6.92 Å². The van der Waals surface area contributed by atoms with Crippen LogP contribution in [-0.4, -0.2) is 17.6 Å². The molecule has 0 aliphatic heterocycles. The molecule has 0 radical (unpaired) electrons. The Morgan fingerprint density at radius 1 is 1.25 bits per heavy atom. The van der Waals surface area contributed by atoms with E-state index in [4.69, 9.17) is 40.2 Å². The van der Waals surface area contributed by atoms with Crippen molar-refractivity contribution >= 4 is 68.1 Å². The Labute approximate surface area is 163 Å². The van der Waals surface area contributed by atoms with Crippen molar-refractivity contribution in [3.63, 3.8) is 0 Å². The summed E-state index contributed by atoms with van der Waals surface area (Å²) < 4.78 is 6.24. The van der Waals surface area contributed by atoms with Gasteiger partial charge in [0.1, 0.15) is 5.75 Å². The van der Waals surface area contributed by atoms with E-state index < -0.39 is 0 Å². The third-order valence-electron chi connectivity index (χ3n) is 2.88. The second-order valence-corrected chi connectivity index (χ2v) is 6.96. The Hall–Kier alpha value is -1.34. The average Bonchev–Trinajstić information content (AvgIpc) is 2.49. The smallest absolute Gasteiger partial charge is 0.264 e. The van der Waals surface area contributed by atoms with E-state index in [0.717, 1.165) is 10.0 Å². The molecule has 0 saturated carbocycles. The lowest BCUT2D eigenvalue weighted by Crippen LogP contribution is -2.37. The summed E-state index contributed by atoms with van der Waals surface area (Å²) in [7, 11) is 0. The van der Waals surface area contributed by atoms with Gasteiger partial charge in [-0.1, -0.05) is 29.3 Å². The zero-order valence-corrected chi connectivity index (χ0v) is 16.4. The first-order valence-electron chi connectivity index (χ1n) is 6.80. The highest BCUT2D eigenvalue weighted by Crippen LogP contribution is 2.26. The van der Waals surface area contributed by atoms with E-state index in [2.05, 4.69) is 26.6 Å². The number of carbonyl (C=O) groups excluding carboxylic acids is 1. The molecule has 2 aromatic carbocycles. The lowest BCUT2D eigenvalue weighted by Gasteiger charge is -2.12. The topological polar surface area (TPSA) is 50.4 Å². The maximum atomic E-state index is 11.9. The second kappa shape index (κ2) is 8.67. The highest BCUT2D eigenvalue weighted by Gasteiger charge is 2.09. The maximum absolute atomic E-state index is 11.9. The van der Waals surface area contributed by atoms with Crippen LogP contribution in [0.1, 0.15) is 5.56 Å². The van der Waals surface area contributed by atoms with E-state index in [1.807, 2.05) is 19.1 Å². The Bertz CT molecular complexity index is 787. The zero-order valence-electron chi connectivity index (χ0n) is 12.5. The van der Waals surface area contributed by atoms with Crippen LogP contribution in [0.15, 0.2) is 40.9 Å². The fourth-order valence-electron chi connectivity index (χ4n) is 1.77. The predicted octanol–water partition coefficient (Wildman–Crippen LogP) is 4.96. The number of aryl methyl sites for hydroxylation is 1. The summed E-state index contributed by atoms with van der Waals surface area (Å²) in [6.45, 7) is 1.80. The Morgan fingerprint density at radius 3 is 2.67 bits per heavy atom. The van der Waals surface area contributed by atoms with Crippen LogP contribution in [0.2, 0.25) is 10.0 Å². The number of hydrogen-bond acceptors (Lipinski definition) is 3. The van der Waals surface area contributed by atoms with Gasteiger partial charge in [-0.2, -0.15) is 0 Å². The Morgan fingerprint density at radius 2 is 2.00 bits per heavy atom. The van der Waals surface area contributed by atoms with Crippen LogP contribution in [0.3, 0.4) is 0 Å². The molecule has 8 heteroatoms. The van der Waals surface area contributed by atoms with E-state index in [0.29, 0.717) is 21.5 Å². The first kappa shape index (κ1) is 19.0. The average molecular weight is 448 g/mol. The third kappa shape index (κ3) is 5.63. The Balaban J connectivity index is 1.86. The molecule has 2 rings (SSSR count). The fourth-order valence-corrected chi connectivity index (χ4v) is 3.06. The predicted molar refractivity (Wildman–Crippen MR) is 105 cm³/mol. The molecule has 0 saturated heterocycles. The minimum atomic E-state index is -0.384.